The molecule has 6 nitrogen and oxygen atoms in total. The quantitative estimate of drug-likeness (QED) is 0.867. The number of nitrogens with zero attached hydrogens (tertiary/aromatic N) is 2. The van der Waals surface area contributed by atoms with Crippen LogP contribution < -0.4 is 5.32 Å². The van der Waals surface area contributed by atoms with E-state index in [1.165, 1.54) is 25.7 Å². The van der Waals surface area contributed by atoms with Crippen LogP contribution in [-0.4, -0.2) is 59.1 Å². The average molecular weight is 359 g/mol. The molecule has 0 atom stereocenters. The van der Waals surface area contributed by atoms with Crippen LogP contribution in [0.15, 0.2) is 24.3 Å². The number of nitrogens with one attached hydrogen (secondary N) is 1. The average Bonchev–Trinajstić information content (AvgIpc) is 2.67. The summed E-state index contributed by atoms with van der Waals surface area (Å²) in [6, 6.07) is 7.27. The molecular weight excluding hydrogens is 330 g/mol. The largest absolute Gasteiger partial charge is 0.478 e. The van der Waals surface area contributed by atoms with E-state index in [4.69, 9.17) is 5.11 Å². The molecule has 1 aliphatic heterocycles. The Morgan fingerprint density at radius 3 is 2.23 bits per heavy atom. The molecule has 6 heteroatoms. The Labute approximate surface area is 155 Å². The molecule has 0 bridgehead atoms. The van der Waals surface area contributed by atoms with Crippen LogP contribution in [0.2, 0.25) is 0 Å². The van der Waals surface area contributed by atoms with Crippen molar-refractivity contribution in [2.45, 2.75) is 45.2 Å². The minimum atomic E-state index is -0.939. The zero-order valence-electron chi connectivity index (χ0n) is 15.5. The van der Waals surface area contributed by atoms with E-state index in [9.17, 15) is 9.59 Å². The lowest BCUT2D eigenvalue weighted by molar-refractivity contribution is 0.0696. The molecule has 2 N–H and O–H groups in total. The van der Waals surface area contributed by atoms with E-state index < -0.39 is 5.97 Å². The van der Waals surface area contributed by atoms with Crippen LogP contribution in [0.5, 0.6) is 0 Å². The number of carbonyl (C=O) groups excluding carboxylic acids is 1. The van der Waals surface area contributed by atoms with Crippen molar-refractivity contribution >= 4 is 12.0 Å². The first-order chi connectivity index (χ1) is 12.5. The van der Waals surface area contributed by atoms with Crippen LogP contribution in [0.1, 0.15) is 48.5 Å². The Balaban J connectivity index is 1.41. The van der Waals surface area contributed by atoms with Gasteiger partial charge in [-0.3, -0.25) is 4.90 Å². The van der Waals surface area contributed by atoms with Crippen LogP contribution in [0.3, 0.4) is 0 Å². The molecule has 142 valence electrons. The zero-order valence-corrected chi connectivity index (χ0v) is 15.5. The predicted molar refractivity (Wildman–Crippen MR) is 100 cm³/mol. The minimum absolute atomic E-state index is 0.0378. The van der Waals surface area contributed by atoms with E-state index in [1.807, 2.05) is 4.90 Å². The highest BCUT2D eigenvalue weighted by Crippen LogP contribution is 2.27. The summed E-state index contributed by atoms with van der Waals surface area (Å²) in [6.45, 7) is 6.22. The van der Waals surface area contributed by atoms with Gasteiger partial charge in [0.05, 0.1) is 5.56 Å². The molecular formula is C20H29N3O3. The molecule has 1 heterocycles. The smallest absolute Gasteiger partial charge is 0.335 e. The standard InChI is InChI=1S/C20H29N3O3/c1-15-2-8-18(9-3-15)22-10-12-23(13-11-22)20(26)21-14-16-4-6-17(7-5-16)19(24)25/h4-7,15,18H,2-3,8-14H2,1H3,(H,21,26)(H,24,25). The molecule has 3 rings (SSSR count). The molecule has 1 aliphatic carbocycles. The van der Waals surface area contributed by atoms with E-state index in [0.717, 1.165) is 37.7 Å². The molecule has 0 radical (unpaired) electrons. The summed E-state index contributed by atoms with van der Waals surface area (Å²) in [5.74, 6) is -0.0752. The van der Waals surface area contributed by atoms with Gasteiger partial charge in [-0.25, -0.2) is 9.59 Å². The first-order valence-corrected chi connectivity index (χ1v) is 9.62. The Morgan fingerprint density at radius 2 is 1.65 bits per heavy atom. The highest BCUT2D eigenvalue weighted by atomic mass is 16.4. The van der Waals surface area contributed by atoms with Gasteiger partial charge in [-0.2, -0.15) is 0 Å². The van der Waals surface area contributed by atoms with Crippen molar-refractivity contribution in [1.29, 1.82) is 0 Å². The fourth-order valence-corrected chi connectivity index (χ4v) is 3.95. The molecule has 1 aromatic rings. The SMILES string of the molecule is CC1CCC(N2CCN(C(=O)NCc3ccc(C(=O)O)cc3)CC2)CC1. The van der Waals surface area contributed by atoms with Crippen molar-refractivity contribution in [2.75, 3.05) is 26.2 Å². The van der Waals surface area contributed by atoms with Crippen molar-refractivity contribution in [2.24, 2.45) is 5.92 Å². The molecule has 1 aromatic carbocycles. The van der Waals surface area contributed by atoms with Gasteiger partial charge in [-0.15, -0.1) is 0 Å². The predicted octanol–water partition coefficient (Wildman–Crippen LogP) is 2.79. The topological polar surface area (TPSA) is 72.9 Å². The molecule has 0 aromatic heterocycles. The van der Waals surface area contributed by atoms with Crippen molar-refractivity contribution in [1.82, 2.24) is 15.1 Å². The lowest BCUT2D eigenvalue weighted by Crippen LogP contribution is -2.54. The Kier molecular flexibility index (Phi) is 6.14. The van der Waals surface area contributed by atoms with Gasteiger partial charge in [0, 0.05) is 38.8 Å². The van der Waals surface area contributed by atoms with E-state index in [1.54, 1.807) is 24.3 Å². The van der Waals surface area contributed by atoms with Gasteiger partial charge in [0.2, 0.25) is 0 Å². The highest BCUT2D eigenvalue weighted by molar-refractivity contribution is 5.87. The monoisotopic (exact) mass is 359 g/mol. The van der Waals surface area contributed by atoms with E-state index in [-0.39, 0.29) is 11.6 Å². The third-order valence-corrected chi connectivity index (χ3v) is 5.75. The number of carboxylic acid groups (broad SMARTS) is 1. The molecule has 2 amide bonds. The van der Waals surface area contributed by atoms with Crippen LogP contribution in [0.4, 0.5) is 4.79 Å². The number of carbonyl (C=O) groups is 2. The van der Waals surface area contributed by atoms with E-state index >= 15 is 0 Å². The van der Waals surface area contributed by atoms with Gasteiger partial charge in [0.1, 0.15) is 0 Å². The second-order valence-corrected chi connectivity index (χ2v) is 7.60. The fraction of sp³-hybridized carbons (Fsp3) is 0.600. The van der Waals surface area contributed by atoms with Gasteiger partial charge in [-0.1, -0.05) is 19.1 Å². The van der Waals surface area contributed by atoms with Crippen LogP contribution in [0.25, 0.3) is 0 Å². The third-order valence-electron chi connectivity index (χ3n) is 5.75. The number of rotatable bonds is 4. The molecule has 1 saturated carbocycles. The van der Waals surface area contributed by atoms with E-state index in [2.05, 4.69) is 17.1 Å². The normalized spacial score (nSPS) is 24.3. The van der Waals surface area contributed by atoms with Gasteiger partial charge >= 0.3 is 12.0 Å². The molecule has 0 spiro atoms. The number of benzene rings is 1. The van der Waals surface area contributed by atoms with Gasteiger partial charge in [-0.05, 0) is 49.3 Å². The minimum Gasteiger partial charge on any atom is -0.478 e. The lowest BCUT2D eigenvalue weighted by atomic mass is 9.86. The Bertz CT molecular complexity index is 616. The maximum Gasteiger partial charge on any atom is 0.335 e. The number of carboxylic acids is 1. The molecule has 26 heavy (non-hydrogen) atoms. The second kappa shape index (κ2) is 8.54. The summed E-state index contributed by atoms with van der Waals surface area (Å²) < 4.78 is 0. The van der Waals surface area contributed by atoms with Crippen LogP contribution >= 0.6 is 0 Å². The third kappa shape index (κ3) is 4.75. The summed E-state index contributed by atoms with van der Waals surface area (Å²) in [5.41, 5.74) is 1.16. The van der Waals surface area contributed by atoms with Gasteiger partial charge in [0.15, 0.2) is 0 Å². The van der Waals surface area contributed by atoms with Crippen molar-refractivity contribution in [3.63, 3.8) is 0 Å². The van der Waals surface area contributed by atoms with Gasteiger partial charge < -0.3 is 15.3 Å². The van der Waals surface area contributed by atoms with Crippen LogP contribution in [-0.2, 0) is 6.54 Å². The first-order valence-electron chi connectivity index (χ1n) is 9.62. The first kappa shape index (κ1) is 18.7. The van der Waals surface area contributed by atoms with Crippen molar-refractivity contribution < 1.29 is 14.7 Å². The maximum atomic E-state index is 12.4. The maximum absolute atomic E-state index is 12.4. The molecule has 2 aliphatic rings. The highest BCUT2D eigenvalue weighted by Gasteiger charge is 2.28. The molecule has 0 unspecified atom stereocenters. The van der Waals surface area contributed by atoms with Gasteiger partial charge in [0.25, 0.3) is 0 Å². The summed E-state index contributed by atoms with van der Waals surface area (Å²) in [7, 11) is 0. The summed E-state index contributed by atoms with van der Waals surface area (Å²) in [4.78, 5) is 27.7. The van der Waals surface area contributed by atoms with Crippen molar-refractivity contribution in [3.05, 3.63) is 35.4 Å². The summed E-state index contributed by atoms with van der Waals surface area (Å²) in [6.07, 6.45) is 5.23. The molecule has 1 saturated heterocycles. The summed E-state index contributed by atoms with van der Waals surface area (Å²) >= 11 is 0. The number of amides is 2. The fourth-order valence-electron chi connectivity index (χ4n) is 3.95. The molecule has 2 fully saturated rings. The summed E-state index contributed by atoms with van der Waals surface area (Å²) in [5, 5.41) is 11.9. The number of hydrogen-bond donors (Lipinski definition) is 2. The van der Waals surface area contributed by atoms with Crippen LogP contribution in [0, 0.1) is 5.92 Å². The number of piperazine rings is 1. The Hall–Kier alpha value is -2.08. The lowest BCUT2D eigenvalue weighted by Gasteiger charge is -2.41. The number of aromatic carboxylic acids is 1. The Morgan fingerprint density at radius 1 is 1.04 bits per heavy atom. The van der Waals surface area contributed by atoms with Crippen molar-refractivity contribution in [3.8, 4) is 0 Å². The second-order valence-electron chi connectivity index (χ2n) is 7.60. The zero-order chi connectivity index (χ0) is 18.5. The van der Waals surface area contributed by atoms with E-state index in [0.29, 0.717) is 12.6 Å². The number of urea groups is 1. The number of hydrogen-bond acceptors (Lipinski definition) is 3.